The highest BCUT2D eigenvalue weighted by Gasteiger charge is 2.61. The van der Waals surface area contributed by atoms with E-state index in [-0.39, 0.29) is 29.9 Å². The lowest BCUT2D eigenvalue weighted by Crippen LogP contribution is -2.40. The number of para-hydroxylation sites is 1. The Morgan fingerprint density at radius 3 is 2.67 bits per heavy atom. The Balaban J connectivity index is 1.29. The van der Waals surface area contributed by atoms with Gasteiger partial charge in [-0.25, -0.2) is 9.97 Å². The van der Waals surface area contributed by atoms with Crippen LogP contribution < -0.4 is 15.4 Å². The van der Waals surface area contributed by atoms with Crippen molar-refractivity contribution in [2.24, 2.45) is 17.8 Å². The first kappa shape index (κ1) is 30.2. The smallest absolute Gasteiger partial charge is 0.249 e. The number of anilines is 1. The van der Waals surface area contributed by atoms with E-state index in [1.54, 1.807) is 6.20 Å². The minimum absolute atomic E-state index is 0.0759. The van der Waals surface area contributed by atoms with Crippen LogP contribution in [0.5, 0.6) is 5.75 Å². The largest absolute Gasteiger partial charge is 0.469 e. The minimum atomic E-state index is -0.992. The van der Waals surface area contributed by atoms with Gasteiger partial charge in [0, 0.05) is 63.8 Å². The fourth-order valence-corrected chi connectivity index (χ4v) is 8.79. The van der Waals surface area contributed by atoms with Gasteiger partial charge in [-0.1, -0.05) is 70.2 Å². The summed E-state index contributed by atoms with van der Waals surface area (Å²) < 4.78 is 20.5. The fourth-order valence-electron chi connectivity index (χ4n) is 8.79. The van der Waals surface area contributed by atoms with Gasteiger partial charge < -0.3 is 29.2 Å². The quantitative estimate of drug-likeness (QED) is 0.167. The van der Waals surface area contributed by atoms with Gasteiger partial charge in [-0.2, -0.15) is 0 Å². The highest BCUT2D eigenvalue weighted by molar-refractivity contribution is 6.07. The maximum atomic E-state index is 14.2. The summed E-state index contributed by atoms with van der Waals surface area (Å²) in [5, 5.41) is 8.08. The SMILES string of the molecule is CC(C)CC(=O)C[C@H]1Cc2ccc3c(c2)C24c5cccc(c5N[C@H]2O3)-c2cccc3[nH]cc(c23)-c2cnc(o2)-c2nc(oc24)[C@H](C(C)C)NC1=O. The lowest BCUT2D eigenvalue weighted by Gasteiger charge is -2.28. The van der Waals surface area contributed by atoms with E-state index in [0.29, 0.717) is 47.6 Å². The highest BCUT2D eigenvalue weighted by atomic mass is 16.5. The van der Waals surface area contributed by atoms with E-state index in [0.717, 1.165) is 50.0 Å². The fraction of sp³-hybridized carbons (Fsp3) is 0.317. The Labute approximate surface area is 294 Å². The molecule has 1 amide bonds. The Bertz CT molecular complexity index is 2430. The van der Waals surface area contributed by atoms with Crippen LogP contribution in [-0.2, 0) is 21.4 Å². The molecular formula is C41H37N5O5. The summed E-state index contributed by atoms with van der Waals surface area (Å²) in [5.41, 5.74) is 7.15. The Morgan fingerprint density at radius 1 is 0.980 bits per heavy atom. The number of hydrogen-bond acceptors (Lipinski definition) is 8. The van der Waals surface area contributed by atoms with Crippen LogP contribution in [0.2, 0.25) is 0 Å². The predicted octanol–water partition coefficient (Wildman–Crippen LogP) is 7.93. The number of carbonyl (C=O) groups excluding carboxylic acids is 2. The average molecular weight is 680 g/mol. The molecule has 0 aliphatic carbocycles. The molecule has 51 heavy (non-hydrogen) atoms. The second kappa shape index (κ2) is 10.7. The number of ketones is 1. The number of carbonyl (C=O) groups is 2. The van der Waals surface area contributed by atoms with Gasteiger partial charge in [0.15, 0.2) is 23.4 Å². The van der Waals surface area contributed by atoms with Crippen molar-refractivity contribution >= 4 is 28.3 Å². The van der Waals surface area contributed by atoms with Crippen LogP contribution in [-0.4, -0.2) is 32.9 Å². The van der Waals surface area contributed by atoms with Crippen molar-refractivity contribution in [2.75, 3.05) is 5.32 Å². The number of rotatable bonds is 5. The minimum Gasteiger partial charge on any atom is -0.469 e. The van der Waals surface area contributed by atoms with E-state index in [9.17, 15) is 9.59 Å². The zero-order chi connectivity index (χ0) is 34.8. The molecule has 10 heteroatoms. The molecule has 7 heterocycles. The highest BCUT2D eigenvalue weighted by Crippen LogP contribution is 2.61. The van der Waals surface area contributed by atoms with Gasteiger partial charge in [-0.05, 0) is 41.5 Å². The molecule has 3 N–H and O–H groups in total. The third kappa shape index (κ3) is 4.22. The Hall–Kier alpha value is -5.64. The summed E-state index contributed by atoms with van der Waals surface area (Å²) in [7, 11) is 0. The molecule has 6 aromatic rings. The molecule has 0 saturated carbocycles. The molecule has 0 saturated heterocycles. The number of benzene rings is 3. The zero-order valence-corrected chi connectivity index (χ0v) is 28.8. The molecule has 4 atom stereocenters. The molecule has 10 rings (SSSR count). The van der Waals surface area contributed by atoms with Crippen LogP contribution in [0, 0.1) is 17.8 Å². The summed E-state index contributed by atoms with van der Waals surface area (Å²) in [4.78, 5) is 40.8. The van der Waals surface area contributed by atoms with Gasteiger partial charge in [0.25, 0.3) is 0 Å². The number of aromatic nitrogens is 3. The summed E-state index contributed by atoms with van der Waals surface area (Å²) >= 11 is 0. The van der Waals surface area contributed by atoms with Crippen LogP contribution in [0.3, 0.4) is 0 Å². The van der Waals surface area contributed by atoms with Crippen LogP contribution in [0.15, 0.2) is 75.8 Å². The van der Waals surface area contributed by atoms with Crippen molar-refractivity contribution in [3.63, 3.8) is 0 Å². The average Bonchev–Trinajstić information content (AvgIpc) is 3.92. The van der Waals surface area contributed by atoms with Crippen molar-refractivity contribution < 1.29 is 23.2 Å². The topological polar surface area (TPSA) is 135 Å². The molecule has 1 unspecified atom stereocenters. The maximum absolute atomic E-state index is 14.2. The standard InChI is InChI=1S/C41H37N5O5/c1-19(2)13-23(47)16-22-14-21-11-12-30-28(15-21)41-27-9-5-8-25(34(27)46-40(41)50-30)24-7-6-10-29-32(24)26(17-42-29)31-18-43-38(49-31)35-36(41)51-39(45-35)33(20(3)4)44-37(22)48/h5-12,15,17-20,22,33,40,42,46H,13-14,16H2,1-4H3,(H,44,48)/t22-,33+,40+,41?/m1/s1. The lowest BCUT2D eigenvalue weighted by atomic mass is 9.72. The Kier molecular flexibility index (Phi) is 6.33. The van der Waals surface area contributed by atoms with Crippen LogP contribution in [0.25, 0.3) is 44.9 Å². The number of hydrogen-bond donors (Lipinski definition) is 3. The normalized spacial score (nSPS) is 22.2. The number of nitrogens with zero attached hydrogens (tertiary/aromatic N) is 2. The monoisotopic (exact) mass is 679 g/mol. The first-order valence-corrected chi connectivity index (χ1v) is 17.8. The van der Waals surface area contributed by atoms with E-state index in [1.807, 2.05) is 46.0 Å². The van der Waals surface area contributed by atoms with E-state index in [1.165, 1.54) is 0 Å². The molecule has 1 spiro atoms. The second-order valence-corrected chi connectivity index (χ2v) is 15.2. The zero-order valence-electron chi connectivity index (χ0n) is 28.8. The van der Waals surface area contributed by atoms with E-state index in [2.05, 4.69) is 58.1 Å². The summed E-state index contributed by atoms with van der Waals surface area (Å²) in [6.07, 6.45) is 4.08. The molecular weight excluding hydrogens is 642 g/mol. The van der Waals surface area contributed by atoms with Crippen molar-refractivity contribution in [1.29, 1.82) is 0 Å². The van der Waals surface area contributed by atoms with Gasteiger partial charge in [0.1, 0.15) is 23.0 Å². The van der Waals surface area contributed by atoms with Gasteiger partial charge >= 0.3 is 0 Å². The van der Waals surface area contributed by atoms with E-state index in [4.69, 9.17) is 23.5 Å². The van der Waals surface area contributed by atoms with Crippen molar-refractivity contribution in [3.8, 4) is 39.8 Å². The van der Waals surface area contributed by atoms with Gasteiger partial charge in [0.2, 0.25) is 17.7 Å². The number of ether oxygens (including phenoxy) is 1. The number of nitrogens with one attached hydrogen (secondary N) is 3. The van der Waals surface area contributed by atoms with Gasteiger partial charge in [-0.15, -0.1) is 0 Å². The van der Waals surface area contributed by atoms with E-state index >= 15 is 0 Å². The summed E-state index contributed by atoms with van der Waals surface area (Å²) in [5.74, 6) is 1.92. The molecule has 256 valence electrons. The Morgan fingerprint density at radius 2 is 1.82 bits per heavy atom. The first-order valence-electron chi connectivity index (χ1n) is 17.8. The molecule has 3 aromatic carbocycles. The van der Waals surface area contributed by atoms with Crippen LogP contribution >= 0.6 is 0 Å². The number of oxazole rings is 2. The third-order valence-corrected chi connectivity index (χ3v) is 11.0. The third-order valence-electron chi connectivity index (χ3n) is 11.0. The van der Waals surface area contributed by atoms with Crippen molar-refractivity contribution in [2.45, 2.75) is 64.6 Å². The number of fused-ring (bicyclic) bond motifs is 7. The maximum Gasteiger partial charge on any atom is 0.249 e. The summed E-state index contributed by atoms with van der Waals surface area (Å²) in [6.45, 7) is 8.10. The van der Waals surface area contributed by atoms with Crippen LogP contribution in [0.4, 0.5) is 5.69 Å². The molecule has 0 radical (unpaired) electrons. The number of Topliss-reactive ketones (excluding diaryl/α,β-unsaturated/α-hetero) is 1. The lowest BCUT2D eigenvalue weighted by molar-refractivity contribution is -0.130. The van der Waals surface area contributed by atoms with Crippen LogP contribution in [0.1, 0.15) is 74.9 Å². The molecule has 3 aromatic heterocycles. The molecule has 0 fully saturated rings. The van der Waals surface area contributed by atoms with Crippen molar-refractivity contribution in [1.82, 2.24) is 20.3 Å². The van der Waals surface area contributed by atoms with E-state index < -0.39 is 23.6 Å². The summed E-state index contributed by atoms with van der Waals surface area (Å²) in [6, 6.07) is 18.1. The van der Waals surface area contributed by atoms with Gasteiger partial charge in [-0.3, -0.25) is 9.59 Å². The van der Waals surface area contributed by atoms with Crippen molar-refractivity contribution in [3.05, 3.63) is 95.3 Å². The first-order chi connectivity index (χ1) is 24.7. The van der Waals surface area contributed by atoms with Gasteiger partial charge in [0.05, 0.1) is 6.20 Å². The number of aromatic amines is 1. The molecule has 4 aliphatic heterocycles. The molecule has 4 aliphatic rings. The molecule has 10 bridgehead atoms. The second-order valence-electron chi connectivity index (χ2n) is 15.2. The number of amides is 1. The molecule has 10 nitrogen and oxygen atoms in total. The predicted molar refractivity (Wildman–Crippen MR) is 191 cm³/mol. The number of H-pyrrole nitrogens is 1.